The number of aryl methyl sites for hydroxylation is 1. The summed E-state index contributed by atoms with van der Waals surface area (Å²) in [6.45, 7) is 4.21. The van der Waals surface area contributed by atoms with Gasteiger partial charge in [0.2, 0.25) is 0 Å². The summed E-state index contributed by atoms with van der Waals surface area (Å²) in [7, 11) is 0. The first-order valence-corrected chi connectivity index (χ1v) is 9.20. The molecular weight excluding hydrogens is 330 g/mol. The molecule has 2 aromatic heterocycles. The molecule has 3 N–H and O–H groups in total. The lowest BCUT2D eigenvalue weighted by Gasteiger charge is -2.08. The normalized spacial score (nSPS) is 11.6. The Kier molecular flexibility index (Phi) is 5.85. The molecule has 0 aliphatic rings. The van der Waals surface area contributed by atoms with Gasteiger partial charge in [0.05, 0.1) is 6.54 Å². The van der Waals surface area contributed by atoms with Crippen molar-refractivity contribution in [3.63, 3.8) is 0 Å². The molecule has 0 saturated carbocycles. The van der Waals surface area contributed by atoms with Gasteiger partial charge in [-0.15, -0.1) is 11.3 Å². The Morgan fingerprint density at radius 1 is 1.28 bits per heavy atom. The van der Waals surface area contributed by atoms with Crippen LogP contribution in [0.2, 0.25) is 0 Å². The summed E-state index contributed by atoms with van der Waals surface area (Å²) < 4.78 is 2.13. The third kappa shape index (κ3) is 5.19. The number of nitrogens with two attached hydrogens (primary N) is 1. The molecule has 0 spiro atoms. The molecule has 3 rings (SSSR count). The van der Waals surface area contributed by atoms with Crippen LogP contribution in [0.15, 0.2) is 59.2 Å². The average molecular weight is 353 g/mol. The van der Waals surface area contributed by atoms with E-state index in [4.69, 9.17) is 5.73 Å². The van der Waals surface area contributed by atoms with Gasteiger partial charge in [0.1, 0.15) is 5.82 Å². The maximum atomic E-state index is 5.96. The van der Waals surface area contributed by atoms with E-state index in [9.17, 15) is 0 Å². The zero-order valence-electron chi connectivity index (χ0n) is 14.4. The lowest BCUT2D eigenvalue weighted by atomic mass is 10.1. The number of imidazole rings is 1. The van der Waals surface area contributed by atoms with E-state index in [-0.39, 0.29) is 0 Å². The Labute approximate surface area is 152 Å². The lowest BCUT2D eigenvalue weighted by Crippen LogP contribution is -2.33. The first-order chi connectivity index (χ1) is 12.2. The molecule has 5 nitrogen and oxygen atoms in total. The highest BCUT2D eigenvalue weighted by Crippen LogP contribution is 2.10. The molecule has 0 radical (unpaired) electrons. The van der Waals surface area contributed by atoms with Crippen molar-refractivity contribution in [3.8, 4) is 0 Å². The van der Waals surface area contributed by atoms with Crippen molar-refractivity contribution in [2.45, 2.75) is 26.4 Å². The predicted molar refractivity (Wildman–Crippen MR) is 104 cm³/mol. The van der Waals surface area contributed by atoms with Gasteiger partial charge in [-0.25, -0.2) is 9.98 Å². The van der Waals surface area contributed by atoms with Crippen LogP contribution in [-0.4, -0.2) is 22.1 Å². The van der Waals surface area contributed by atoms with Gasteiger partial charge < -0.3 is 15.6 Å². The van der Waals surface area contributed by atoms with Crippen molar-refractivity contribution in [2.24, 2.45) is 10.7 Å². The number of guanidine groups is 1. The molecule has 130 valence electrons. The van der Waals surface area contributed by atoms with E-state index in [0.29, 0.717) is 12.5 Å². The minimum Gasteiger partial charge on any atom is -0.370 e. The maximum absolute atomic E-state index is 5.96. The SMILES string of the molecule is Cc1nccn1Cc1cccc(CN=C(N)NCCc2cccs2)c1. The molecule has 0 bridgehead atoms. The summed E-state index contributed by atoms with van der Waals surface area (Å²) in [4.78, 5) is 10.0. The standard InChI is InChI=1S/C19H23N5S/c1-15-21-9-10-24(15)14-17-5-2-4-16(12-17)13-23-19(20)22-8-7-18-6-3-11-25-18/h2-6,9-12H,7-8,13-14H2,1H3,(H3,20,22,23). The third-order valence-corrected chi connectivity index (χ3v) is 4.89. The predicted octanol–water partition coefficient (Wildman–Crippen LogP) is 2.95. The van der Waals surface area contributed by atoms with Gasteiger partial charge in [0, 0.05) is 30.4 Å². The fourth-order valence-electron chi connectivity index (χ4n) is 2.59. The van der Waals surface area contributed by atoms with Gasteiger partial charge in [-0.2, -0.15) is 0 Å². The number of rotatable bonds is 7. The van der Waals surface area contributed by atoms with E-state index in [0.717, 1.165) is 30.9 Å². The lowest BCUT2D eigenvalue weighted by molar-refractivity contribution is 0.760. The minimum absolute atomic E-state index is 0.493. The third-order valence-electron chi connectivity index (χ3n) is 3.96. The molecule has 0 atom stereocenters. The molecule has 25 heavy (non-hydrogen) atoms. The highest BCUT2D eigenvalue weighted by molar-refractivity contribution is 7.09. The number of aromatic nitrogens is 2. The highest BCUT2D eigenvalue weighted by Gasteiger charge is 2.01. The summed E-state index contributed by atoms with van der Waals surface area (Å²) in [5.74, 6) is 1.51. The maximum Gasteiger partial charge on any atom is 0.188 e. The Morgan fingerprint density at radius 3 is 2.92 bits per heavy atom. The number of thiophene rings is 1. The second kappa shape index (κ2) is 8.48. The van der Waals surface area contributed by atoms with Gasteiger partial charge >= 0.3 is 0 Å². The van der Waals surface area contributed by atoms with Crippen LogP contribution in [0.3, 0.4) is 0 Å². The first kappa shape index (κ1) is 17.2. The van der Waals surface area contributed by atoms with Crippen LogP contribution in [-0.2, 0) is 19.5 Å². The van der Waals surface area contributed by atoms with Crippen LogP contribution in [0.5, 0.6) is 0 Å². The molecule has 0 aliphatic heterocycles. The Bertz CT molecular complexity index is 820. The first-order valence-electron chi connectivity index (χ1n) is 8.32. The number of nitrogens with one attached hydrogen (secondary N) is 1. The Hall–Kier alpha value is -2.60. The molecular formula is C19H23N5S. The topological polar surface area (TPSA) is 68.2 Å². The van der Waals surface area contributed by atoms with Gasteiger partial charge in [-0.1, -0.05) is 30.3 Å². The summed E-state index contributed by atoms with van der Waals surface area (Å²) in [6.07, 6.45) is 4.79. The van der Waals surface area contributed by atoms with Crippen molar-refractivity contribution < 1.29 is 0 Å². The number of hydrogen-bond acceptors (Lipinski definition) is 3. The van der Waals surface area contributed by atoms with Crippen LogP contribution >= 0.6 is 11.3 Å². The summed E-state index contributed by atoms with van der Waals surface area (Å²) >= 11 is 1.76. The molecule has 0 unspecified atom stereocenters. The molecule has 0 saturated heterocycles. The van der Waals surface area contributed by atoms with E-state index in [1.54, 1.807) is 11.3 Å². The van der Waals surface area contributed by atoms with Gasteiger partial charge in [0.15, 0.2) is 5.96 Å². The summed E-state index contributed by atoms with van der Waals surface area (Å²) in [5, 5.41) is 5.26. The van der Waals surface area contributed by atoms with Gasteiger partial charge in [0.25, 0.3) is 0 Å². The summed E-state index contributed by atoms with van der Waals surface area (Å²) in [5.41, 5.74) is 8.34. The quantitative estimate of drug-likeness (QED) is 0.507. The van der Waals surface area contributed by atoms with E-state index in [1.165, 1.54) is 10.4 Å². The van der Waals surface area contributed by atoms with E-state index < -0.39 is 0 Å². The highest BCUT2D eigenvalue weighted by atomic mass is 32.1. The second-order valence-corrected chi connectivity index (χ2v) is 6.91. The number of nitrogens with zero attached hydrogens (tertiary/aromatic N) is 3. The Morgan fingerprint density at radius 2 is 2.16 bits per heavy atom. The Balaban J connectivity index is 1.51. The second-order valence-electron chi connectivity index (χ2n) is 5.88. The molecule has 2 heterocycles. The minimum atomic E-state index is 0.493. The fourth-order valence-corrected chi connectivity index (χ4v) is 3.30. The smallest absolute Gasteiger partial charge is 0.188 e. The van der Waals surface area contributed by atoms with Crippen molar-refractivity contribution in [2.75, 3.05) is 6.54 Å². The van der Waals surface area contributed by atoms with E-state index in [1.807, 2.05) is 19.3 Å². The van der Waals surface area contributed by atoms with Crippen LogP contribution < -0.4 is 11.1 Å². The van der Waals surface area contributed by atoms with Gasteiger partial charge in [-0.3, -0.25) is 0 Å². The number of hydrogen-bond donors (Lipinski definition) is 2. The zero-order valence-corrected chi connectivity index (χ0v) is 15.2. The molecule has 0 amide bonds. The van der Waals surface area contributed by atoms with E-state index in [2.05, 4.69) is 61.6 Å². The van der Waals surface area contributed by atoms with Crippen LogP contribution in [0, 0.1) is 6.92 Å². The van der Waals surface area contributed by atoms with Crippen molar-refractivity contribution in [3.05, 3.63) is 76.0 Å². The number of aliphatic imine (C=N–C) groups is 1. The average Bonchev–Trinajstić information content (AvgIpc) is 3.26. The monoisotopic (exact) mass is 353 g/mol. The molecule has 1 aromatic carbocycles. The van der Waals surface area contributed by atoms with Crippen molar-refractivity contribution in [1.82, 2.24) is 14.9 Å². The van der Waals surface area contributed by atoms with Crippen LogP contribution in [0.25, 0.3) is 0 Å². The molecule has 3 aromatic rings. The fraction of sp³-hybridized carbons (Fsp3) is 0.263. The van der Waals surface area contributed by atoms with Crippen LogP contribution in [0.4, 0.5) is 0 Å². The zero-order chi connectivity index (χ0) is 17.5. The molecule has 6 heteroatoms. The van der Waals surface area contributed by atoms with Crippen molar-refractivity contribution in [1.29, 1.82) is 0 Å². The van der Waals surface area contributed by atoms with E-state index >= 15 is 0 Å². The molecule has 0 aliphatic carbocycles. The number of benzene rings is 1. The molecule has 0 fully saturated rings. The van der Waals surface area contributed by atoms with Gasteiger partial charge in [-0.05, 0) is 35.9 Å². The van der Waals surface area contributed by atoms with Crippen LogP contribution in [0.1, 0.15) is 21.8 Å². The summed E-state index contributed by atoms with van der Waals surface area (Å²) in [6, 6.07) is 12.6. The van der Waals surface area contributed by atoms with Crippen molar-refractivity contribution >= 4 is 17.3 Å². The largest absolute Gasteiger partial charge is 0.370 e.